The molecule has 2 N–H and O–H groups in total. The molecule has 2 aromatic heterocycles. The van der Waals surface area contributed by atoms with Gasteiger partial charge < -0.3 is 25.2 Å². The smallest absolute Gasteiger partial charge is 0.247 e. The van der Waals surface area contributed by atoms with Crippen LogP contribution in [0.4, 0.5) is 23.0 Å². The lowest BCUT2D eigenvalue weighted by atomic mass is 10.1. The first kappa shape index (κ1) is 27.1. The Morgan fingerprint density at radius 3 is 2.66 bits per heavy atom. The minimum absolute atomic E-state index is 0.301. The first-order valence-electron chi connectivity index (χ1n) is 12.7. The fourth-order valence-corrected chi connectivity index (χ4v) is 4.11. The highest BCUT2D eigenvalue weighted by Crippen LogP contribution is 2.38. The number of nitrogens with zero attached hydrogens (tertiary/aromatic N) is 7. The summed E-state index contributed by atoms with van der Waals surface area (Å²) in [7, 11) is 7.63. The summed E-state index contributed by atoms with van der Waals surface area (Å²) in [5.41, 5.74) is 4.23. The van der Waals surface area contributed by atoms with Crippen molar-refractivity contribution in [3.63, 3.8) is 0 Å². The van der Waals surface area contributed by atoms with E-state index in [-0.39, 0.29) is 5.91 Å². The molecule has 1 aliphatic rings. The van der Waals surface area contributed by atoms with E-state index in [4.69, 9.17) is 4.74 Å². The predicted molar refractivity (Wildman–Crippen MR) is 151 cm³/mol. The zero-order valence-electron chi connectivity index (χ0n) is 22.9. The van der Waals surface area contributed by atoms with Crippen molar-refractivity contribution >= 4 is 28.9 Å². The van der Waals surface area contributed by atoms with Crippen molar-refractivity contribution in [2.45, 2.75) is 19.9 Å². The van der Waals surface area contributed by atoms with Gasteiger partial charge in [-0.2, -0.15) is 10.1 Å². The van der Waals surface area contributed by atoms with Crippen molar-refractivity contribution in [2.75, 3.05) is 70.0 Å². The van der Waals surface area contributed by atoms with Gasteiger partial charge in [0.15, 0.2) is 5.82 Å². The lowest BCUT2D eigenvalue weighted by Crippen LogP contribution is -2.36. The third kappa shape index (κ3) is 6.48. The number of rotatable bonds is 12. The number of likely N-dealkylation sites (N-methyl/N-ethyl adjacent to an activating group) is 2. The van der Waals surface area contributed by atoms with Gasteiger partial charge in [-0.05, 0) is 52.7 Å². The van der Waals surface area contributed by atoms with Crippen LogP contribution in [0.25, 0.3) is 5.82 Å². The van der Waals surface area contributed by atoms with Gasteiger partial charge in [0, 0.05) is 56.8 Å². The number of likely N-dealkylation sites (tertiary alicyclic amines) is 1. The molecule has 11 heteroatoms. The maximum Gasteiger partial charge on any atom is 0.247 e. The normalized spacial score (nSPS) is 13.2. The maximum atomic E-state index is 12.2. The Morgan fingerprint density at radius 2 is 2.00 bits per heavy atom. The van der Waals surface area contributed by atoms with Crippen LogP contribution in [-0.4, -0.2) is 89.9 Å². The van der Waals surface area contributed by atoms with Crippen molar-refractivity contribution in [1.29, 1.82) is 0 Å². The predicted octanol–water partition coefficient (Wildman–Crippen LogP) is 3.05. The van der Waals surface area contributed by atoms with E-state index in [0.29, 0.717) is 28.9 Å². The number of carbonyl (C=O) groups excluding carboxylic acids is 1. The summed E-state index contributed by atoms with van der Waals surface area (Å²) in [4.78, 5) is 27.9. The number of methoxy groups -OCH3 is 1. The number of amides is 1. The average Bonchev–Trinajstić information content (AvgIpc) is 3.25. The van der Waals surface area contributed by atoms with Crippen molar-refractivity contribution in [3.05, 3.63) is 54.5 Å². The van der Waals surface area contributed by atoms with Gasteiger partial charge >= 0.3 is 0 Å². The lowest BCUT2D eigenvalue weighted by Gasteiger charge is -2.30. The first-order chi connectivity index (χ1) is 18.3. The van der Waals surface area contributed by atoms with Crippen LogP contribution in [0.15, 0.2) is 43.2 Å². The molecular weight excluding hydrogens is 482 g/mol. The number of aryl methyl sites for hydroxylation is 1. The molecule has 0 saturated carbocycles. The Labute approximate surface area is 224 Å². The molecule has 4 rings (SSSR count). The molecule has 1 saturated heterocycles. The molecule has 0 atom stereocenters. The minimum atomic E-state index is -0.301. The highest BCUT2D eigenvalue weighted by atomic mass is 16.5. The molecule has 0 aliphatic carbocycles. The fraction of sp³-hybridized carbons (Fsp3) is 0.407. The van der Waals surface area contributed by atoms with Crippen LogP contribution in [0, 0.1) is 6.92 Å². The maximum absolute atomic E-state index is 12.2. The second-order valence-electron chi connectivity index (χ2n) is 9.67. The third-order valence-electron chi connectivity index (χ3n) is 6.52. The molecule has 1 amide bonds. The van der Waals surface area contributed by atoms with Crippen LogP contribution >= 0.6 is 0 Å². The number of hydrogen-bond donors (Lipinski definition) is 2. The standard InChI is InChI=1S/C27H37N9O2/c1-7-26(37)29-21-15-22(24(38-6)16-23(21)34(5)14-13-33(3)4)30-27-28-10-9-25(31-27)36-18-20(19(2)32-36)17-35-11-8-12-35/h7,9-10,15-16,18H,1,8,11-14,17H2,2-6H3,(H,29,37)(H,28,30,31). The molecule has 11 nitrogen and oxygen atoms in total. The Kier molecular flexibility index (Phi) is 8.59. The van der Waals surface area contributed by atoms with Crippen molar-refractivity contribution in [1.82, 2.24) is 29.5 Å². The highest BCUT2D eigenvalue weighted by Gasteiger charge is 2.18. The SMILES string of the molecule is C=CC(=O)Nc1cc(Nc2nccc(-n3cc(CN4CCC4)c(C)n3)n2)c(OC)cc1N(C)CCN(C)C. The Hall–Kier alpha value is -3.96. The summed E-state index contributed by atoms with van der Waals surface area (Å²) in [6.45, 7) is 10.4. The van der Waals surface area contributed by atoms with Gasteiger partial charge in [-0.15, -0.1) is 0 Å². The summed E-state index contributed by atoms with van der Waals surface area (Å²) < 4.78 is 7.48. The van der Waals surface area contributed by atoms with Crippen LogP contribution in [0.2, 0.25) is 0 Å². The van der Waals surface area contributed by atoms with Gasteiger partial charge in [0.25, 0.3) is 0 Å². The molecule has 0 radical (unpaired) electrons. The number of nitrogens with one attached hydrogen (secondary N) is 2. The minimum Gasteiger partial charge on any atom is -0.494 e. The molecule has 38 heavy (non-hydrogen) atoms. The van der Waals surface area contributed by atoms with Crippen molar-refractivity contribution < 1.29 is 9.53 Å². The van der Waals surface area contributed by atoms with E-state index >= 15 is 0 Å². The van der Waals surface area contributed by atoms with Gasteiger partial charge in [-0.1, -0.05) is 6.58 Å². The third-order valence-corrected chi connectivity index (χ3v) is 6.52. The fourth-order valence-electron chi connectivity index (χ4n) is 4.11. The first-order valence-corrected chi connectivity index (χ1v) is 12.7. The van der Waals surface area contributed by atoms with E-state index in [0.717, 1.165) is 44.1 Å². The Morgan fingerprint density at radius 1 is 1.21 bits per heavy atom. The molecule has 0 bridgehead atoms. The largest absolute Gasteiger partial charge is 0.494 e. The van der Waals surface area contributed by atoms with Gasteiger partial charge in [-0.3, -0.25) is 9.69 Å². The number of anilines is 4. The Bertz CT molecular complexity index is 1280. The average molecular weight is 520 g/mol. The summed E-state index contributed by atoms with van der Waals surface area (Å²) in [6.07, 6.45) is 6.22. The van der Waals surface area contributed by atoms with Crippen molar-refractivity contribution in [3.8, 4) is 11.6 Å². The summed E-state index contributed by atoms with van der Waals surface area (Å²) in [6, 6.07) is 5.53. The summed E-state index contributed by atoms with van der Waals surface area (Å²) in [5.74, 6) is 1.33. The van der Waals surface area contributed by atoms with E-state index in [1.165, 1.54) is 18.1 Å². The molecule has 1 fully saturated rings. The van der Waals surface area contributed by atoms with Crippen LogP contribution < -0.4 is 20.3 Å². The topological polar surface area (TPSA) is 104 Å². The second-order valence-corrected chi connectivity index (χ2v) is 9.67. The van der Waals surface area contributed by atoms with Crippen LogP contribution in [0.5, 0.6) is 5.75 Å². The number of ether oxygens (including phenoxy) is 1. The molecule has 0 spiro atoms. The number of benzene rings is 1. The second kappa shape index (κ2) is 12.1. The van der Waals surface area contributed by atoms with E-state index in [1.54, 1.807) is 18.0 Å². The van der Waals surface area contributed by atoms with E-state index in [1.807, 2.05) is 52.5 Å². The van der Waals surface area contributed by atoms with Crippen LogP contribution in [0.1, 0.15) is 17.7 Å². The zero-order valence-corrected chi connectivity index (χ0v) is 22.9. The number of aromatic nitrogens is 4. The van der Waals surface area contributed by atoms with E-state index in [2.05, 4.69) is 47.0 Å². The van der Waals surface area contributed by atoms with Gasteiger partial charge in [0.05, 0.1) is 29.9 Å². The summed E-state index contributed by atoms with van der Waals surface area (Å²) >= 11 is 0. The van der Waals surface area contributed by atoms with Crippen LogP contribution in [0.3, 0.4) is 0 Å². The van der Waals surface area contributed by atoms with Crippen molar-refractivity contribution in [2.24, 2.45) is 0 Å². The molecule has 202 valence electrons. The summed E-state index contributed by atoms with van der Waals surface area (Å²) in [5, 5.41) is 10.8. The highest BCUT2D eigenvalue weighted by molar-refractivity contribution is 6.02. The molecule has 1 aromatic carbocycles. The monoisotopic (exact) mass is 519 g/mol. The van der Waals surface area contributed by atoms with Gasteiger partial charge in [-0.25, -0.2) is 9.67 Å². The van der Waals surface area contributed by atoms with E-state index in [9.17, 15) is 4.79 Å². The van der Waals surface area contributed by atoms with Gasteiger partial charge in [0.2, 0.25) is 11.9 Å². The van der Waals surface area contributed by atoms with Gasteiger partial charge in [0.1, 0.15) is 5.75 Å². The molecule has 1 aliphatic heterocycles. The van der Waals surface area contributed by atoms with Crippen LogP contribution in [-0.2, 0) is 11.3 Å². The lowest BCUT2D eigenvalue weighted by molar-refractivity contribution is -0.111. The molecular formula is C27H37N9O2. The zero-order chi connectivity index (χ0) is 27.2. The molecule has 0 unspecified atom stereocenters. The number of hydrogen-bond acceptors (Lipinski definition) is 9. The quantitative estimate of drug-likeness (QED) is 0.350. The van der Waals surface area contributed by atoms with E-state index < -0.39 is 0 Å². The Balaban J connectivity index is 1.61. The molecule has 3 heterocycles. The number of carbonyl (C=O) groups is 1. The molecule has 3 aromatic rings.